The van der Waals surface area contributed by atoms with E-state index in [-0.39, 0.29) is 24.2 Å². The normalized spacial score (nSPS) is 20.2. The Balaban J connectivity index is 0.000000720. The van der Waals surface area contributed by atoms with Crippen molar-refractivity contribution in [2.75, 3.05) is 4.31 Å². The molecule has 60 valence electrons. The van der Waals surface area contributed by atoms with Crippen LogP contribution in [0.2, 0.25) is 0 Å². The van der Waals surface area contributed by atoms with E-state index in [9.17, 15) is 0 Å². The van der Waals surface area contributed by atoms with Crippen LogP contribution in [-0.2, 0) is 19.5 Å². The van der Waals surface area contributed by atoms with Gasteiger partial charge < -0.3 is 0 Å². The minimum absolute atomic E-state index is 0. The van der Waals surface area contributed by atoms with E-state index in [2.05, 4.69) is 31.5 Å². The van der Waals surface area contributed by atoms with Crippen LogP contribution in [0.5, 0.6) is 0 Å². The third kappa shape index (κ3) is 1.79. The quantitative estimate of drug-likeness (QED) is 0.549. The first-order valence-corrected chi connectivity index (χ1v) is 5.00. The van der Waals surface area contributed by atoms with Gasteiger partial charge in [0.2, 0.25) is 0 Å². The van der Waals surface area contributed by atoms with Crippen LogP contribution >= 0.6 is 37.2 Å². The molecule has 1 nitrogen and oxygen atoms in total. The van der Waals surface area contributed by atoms with Gasteiger partial charge in [-0.25, -0.2) is 0 Å². The molecule has 0 amide bonds. The molecule has 1 aliphatic rings. The molecule has 0 saturated carbocycles. The summed E-state index contributed by atoms with van der Waals surface area (Å²) in [7, 11) is 0. The summed E-state index contributed by atoms with van der Waals surface area (Å²) in [5.74, 6) is 0. The zero-order chi connectivity index (χ0) is 7.84. The summed E-state index contributed by atoms with van der Waals surface area (Å²) in [4.78, 5) is 1.25. The standard InChI is InChI=1S/C7H7NS3.Zn/c9-7-8(10)5-3-1-2-4-6(5)11-7;/h1-4,7,9-10H;. The first kappa shape index (κ1) is 10.8. The van der Waals surface area contributed by atoms with Gasteiger partial charge in [0.1, 0.15) is 4.71 Å². The zero-order valence-corrected chi connectivity index (χ0v) is 11.9. The van der Waals surface area contributed by atoms with Crippen molar-refractivity contribution >= 4 is 42.9 Å². The summed E-state index contributed by atoms with van der Waals surface area (Å²) in [6.45, 7) is 0. The number of hydrogen-bond acceptors (Lipinski definition) is 4. The summed E-state index contributed by atoms with van der Waals surface area (Å²) in [6, 6.07) is 8.17. The molecule has 0 aromatic heterocycles. The minimum atomic E-state index is 0. The molecule has 2 rings (SSSR count). The second-order valence-electron chi connectivity index (χ2n) is 2.26. The van der Waals surface area contributed by atoms with Crippen LogP contribution in [0.3, 0.4) is 0 Å². The molecular formula is C7H7NS3Zn. The molecule has 0 radical (unpaired) electrons. The summed E-state index contributed by atoms with van der Waals surface area (Å²) in [5, 5.41) is 0. The van der Waals surface area contributed by atoms with Crippen molar-refractivity contribution in [1.29, 1.82) is 0 Å². The minimum Gasteiger partial charge on any atom is -0.295 e. The second-order valence-corrected chi connectivity index (χ2v) is 4.65. The van der Waals surface area contributed by atoms with E-state index in [1.807, 2.05) is 22.5 Å². The van der Waals surface area contributed by atoms with Gasteiger partial charge in [-0.15, -0.1) is 12.6 Å². The molecule has 0 spiro atoms. The number of anilines is 1. The summed E-state index contributed by atoms with van der Waals surface area (Å²) in [5.41, 5.74) is 1.15. The van der Waals surface area contributed by atoms with E-state index in [4.69, 9.17) is 0 Å². The van der Waals surface area contributed by atoms with E-state index in [1.54, 1.807) is 11.8 Å². The van der Waals surface area contributed by atoms with Gasteiger partial charge in [0.15, 0.2) is 0 Å². The second kappa shape index (κ2) is 4.27. The van der Waals surface area contributed by atoms with Gasteiger partial charge in [0.25, 0.3) is 0 Å². The van der Waals surface area contributed by atoms with Crippen LogP contribution in [0, 0.1) is 0 Å². The fraction of sp³-hybridized carbons (Fsp3) is 0.143. The molecule has 1 atom stereocenters. The molecule has 0 fully saturated rings. The van der Waals surface area contributed by atoms with E-state index < -0.39 is 0 Å². The smallest absolute Gasteiger partial charge is 0.134 e. The first-order chi connectivity index (χ1) is 5.29. The Bertz CT molecular complexity index is 281. The van der Waals surface area contributed by atoms with Crippen molar-refractivity contribution in [1.82, 2.24) is 0 Å². The average molecular weight is 267 g/mol. The van der Waals surface area contributed by atoms with Crippen LogP contribution in [-0.4, -0.2) is 4.71 Å². The van der Waals surface area contributed by atoms with Crippen LogP contribution in [0.15, 0.2) is 29.2 Å². The number of nitrogens with zero attached hydrogens (tertiary/aromatic N) is 1. The van der Waals surface area contributed by atoms with Crippen molar-refractivity contribution in [2.24, 2.45) is 0 Å². The van der Waals surface area contributed by atoms with Gasteiger partial charge in [-0.1, -0.05) is 36.7 Å². The number of fused-ring (bicyclic) bond motifs is 1. The molecule has 12 heavy (non-hydrogen) atoms. The maximum atomic E-state index is 4.34. The molecule has 0 saturated heterocycles. The van der Waals surface area contributed by atoms with Gasteiger partial charge in [0, 0.05) is 24.4 Å². The van der Waals surface area contributed by atoms with Gasteiger partial charge in [-0.05, 0) is 12.1 Å². The Morgan fingerprint density at radius 3 is 2.67 bits per heavy atom. The van der Waals surface area contributed by atoms with E-state index in [0.717, 1.165) is 5.69 Å². The van der Waals surface area contributed by atoms with E-state index in [0.29, 0.717) is 0 Å². The zero-order valence-electron chi connectivity index (χ0n) is 6.34. The number of rotatable bonds is 0. The summed E-state index contributed by atoms with van der Waals surface area (Å²) in [6.07, 6.45) is 0. The Morgan fingerprint density at radius 1 is 1.33 bits per heavy atom. The van der Waals surface area contributed by atoms with Crippen LogP contribution < -0.4 is 4.31 Å². The number of benzene rings is 1. The molecule has 1 unspecified atom stereocenters. The summed E-state index contributed by atoms with van der Waals surface area (Å²) < 4.78 is 2.01. The Hall–Kier alpha value is 0.693. The molecule has 5 heteroatoms. The Labute approximate surface area is 100 Å². The molecule has 1 heterocycles. The van der Waals surface area contributed by atoms with Crippen LogP contribution in [0.4, 0.5) is 5.69 Å². The number of thioether (sulfide) groups is 1. The fourth-order valence-electron chi connectivity index (χ4n) is 1.03. The van der Waals surface area contributed by atoms with Crippen molar-refractivity contribution in [3.63, 3.8) is 0 Å². The Morgan fingerprint density at radius 2 is 2.00 bits per heavy atom. The monoisotopic (exact) mass is 265 g/mol. The predicted molar refractivity (Wildman–Crippen MR) is 56.5 cm³/mol. The maximum absolute atomic E-state index is 4.34. The number of hydrogen-bond donors (Lipinski definition) is 2. The van der Waals surface area contributed by atoms with Gasteiger partial charge in [-0.2, -0.15) is 0 Å². The topological polar surface area (TPSA) is 3.24 Å². The van der Waals surface area contributed by atoms with Crippen molar-refractivity contribution < 1.29 is 19.5 Å². The average Bonchev–Trinajstić information content (AvgIpc) is 2.30. The van der Waals surface area contributed by atoms with Crippen molar-refractivity contribution in [3.05, 3.63) is 24.3 Å². The number of thiol groups is 2. The molecule has 0 aliphatic carbocycles. The van der Waals surface area contributed by atoms with Crippen molar-refractivity contribution in [2.45, 2.75) is 9.60 Å². The molecule has 0 bridgehead atoms. The maximum Gasteiger partial charge on any atom is 0.134 e. The van der Waals surface area contributed by atoms with Crippen LogP contribution in [0.1, 0.15) is 0 Å². The first-order valence-electron chi connectivity index (χ1n) is 3.21. The molecule has 1 aromatic rings. The molecular weight excluding hydrogens is 260 g/mol. The molecule has 0 N–H and O–H groups in total. The molecule has 1 aromatic carbocycles. The number of para-hydroxylation sites is 1. The predicted octanol–water partition coefficient (Wildman–Crippen LogP) is 2.65. The SMILES string of the molecule is SC1Sc2ccccc2N1S.[Zn]. The third-order valence-corrected chi connectivity index (χ3v) is 3.91. The Kier molecular flexibility index (Phi) is 3.83. The van der Waals surface area contributed by atoms with Crippen molar-refractivity contribution in [3.8, 4) is 0 Å². The van der Waals surface area contributed by atoms with E-state index in [1.165, 1.54) is 4.90 Å². The van der Waals surface area contributed by atoms with Gasteiger partial charge in [0.05, 0.1) is 5.69 Å². The third-order valence-electron chi connectivity index (χ3n) is 1.55. The summed E-state index contributed by atoms with van der Waals surface area (Å²) >= 11 is 10.4. The largest absolute Gasteiger partial charge is 0.295 e. The van der Waals surface area contributed by atoms with Crippen LogP contribution in [0.25, 0.3) is 0 Å². The van der Waals surface area contributed by atoms with Gasteiger partial charge >= 0.3 is 0 Å². The van der Waals surface area contributed by atoms with Gasteiger partial charge in [-0.3, -0.25) is 4.31 Å². The molecule has 1 aliphatic heterocycles. The fourth-order valence-corrected chi connectivity index (χ4v) is 2.76. The van der Waals surface area contributed by atoms with E-state index >= 15 is 0 Å².